The Morgan fingerprint density at radius 1 is 1.71 bits per heavy atom. The number of amides is 1. The highest BCUT2D eigenvalue weighted by Gasteiger charge is 2.20. The second kappa shape index (κ2) is 4.05. The van der Waals surface area contributed by atoms with E-state index in [4.69, 9.17) is 12.2 Å². The summed E-state index contributed by atoms with van der Waals surface area (Å²) in [6.07, 6.45) is 1.52. The number of nitrogens with zero attached hydrogens (tertiary/aromatic N) is 1. The van der Waals surface area contributed by atoms with Gasteiger partial charge in [0.15, 0.2) is 3.95 Å². The van der Waals surface area contributed by atoms with E-state index in [1.54, 1.807) is 0 Å². The number of aromatic amines is 1. The number of anilines is 1. The van der Waals surface area contributed by atoms with Crippen molar-refractivity contribution in [3.63, 3.8) is 0 Å². The molecule has 1 aromatic heterocycles. The van der Waals surface area contributed by atoms with Crippen LogP contribution in [0, 0.1) is 3.95 Å². The van der Waals surface area contributed by atoms with E-state index < -0.39 is 0 Å². The summed E-state index contributed by atoms with van der Waals surface area (Å²) in [4.78, 5) is 10.9. The highest BCUT2D eigenvalue weighted by molar-refractivity contribution is 7.73. The summed E-state index contributed by atoms with van der Waals surface area (Å²) in [6, 6.07) is 0.222. The van der Waals surface area contributed by atoms with Crippen LogP contribution in [0.25, 0.3) is 0 Å². The Kier molecular flexibility index (Phi) is 2.78. The van der Waals surface area contributed by atoms with E-state index in [0.29, 0.717) is 16.9 Å². The van der Waals surface area contributed by atoms with Crippen LogP contribution in [0.3, 0.4) is 0 Å². The molecule has 14 heavy (non-hydrogen) atoms. The molecule has 1 amide bonds. The molecule has 3 N–H and O–H groups in total. The van der Waals surface area contributed by atoms with Gasteiger partial charge in [-0.05, 0) is 18.6 Å². The van der Waals surface area contributed by atoms with Gasteiger partial charge >= 0.3 is 0 Å². The quantitative estimate of drug-likeness (QED) is 0.675. The summed E-state index contributed by atoms with van der Waals surface area (Å²) < 4.78 is 0.656. The van der Waals surface area contributed by atoms with Crippen molar-refractivity contribution in [1.29, 1.82) is 0 Å². The number of carbonyl (C=O) groups excluding carboxylic acids is 1. The van der Waals surface area contributed by atoms with Crippen molar-refractivity contribution in [3.05, 3.63) is 3.95 Å². The smallest absolute Gasteiger partial charge is 0.220 e. The minimum Gasteiger partial charge on any atom is -0.358 e. The third kappa shape index (κ3) is 2.30. The number of hydrogen-bond acceptors (Lipinski definition) is 5. The zero-order chi connectivity index (χ0) is 9.97. The van der Waals surface area contributed by atoms with Gasteiger partial charge in [-0.1, -0.05) is 11.3 Å². The van der Waals surface area contributed by atoms with E-state index in [1.807, 2.05) is 0 Å². The van der Waals surface area contributed by atoms with E-state index >= 15 is 0 Å². The normalized spacial score (nSPS) is 20.9. The molecule has 0 bridgehead atoms. The summed E-state index contributed by atoms with van der Waals surface area (Å²) >= 11 is 6.29. The Balaban J connectivity index is 1.83. The molecule has 0 radical (unpaired) electrons. The molecule has 1 unspecified atom stereocenters. The maximum Gasteiger partial charge on any atom is 0.220 e. The van der Waals surface area contributed by atoms with Crippen LogP contribution in [0.15, 0.2) is 0 Å². The maximum absolute atomic E-state index is 10.9. The number of rotatable bonds is 3. The third-order valence-electron chi connectivity index (χ3n) is 2.02. The van der Waals surface area contributed by atoms with Crippen molar-refractivity contribution >= 4 is 34.6 Å². The predicted octanol–water partition coefficient (Wildman–Crippen LogP) is 0.891. The number of carbonyl (C=O) groups is 1. The molecule has 2 rings (SSSR count). The van der Waals surface area contributed by atoms with Gasteiger partial charge in [0.25, 0.3) is 0 Å². The summed E-state index contributed by atoms with van der Waals surface area (Å²) in [5.41, 5.74) is 0. The molecule has 1 saturated heterocycles. The van der Waals surface area contributed by atoms with Gasteiger partial charge in [0, 0.05) is 19.0 Å². The second-order valence-electron chi connectivity index (χ2n) is 3.10. The Hall–Kier alpha value is -0.950. The van der Waals surface area contributed by atoms with Crippen molar-refractivity contribution in [2.75, 3.05) is 11.9 Å². The molecule has 0 saturated carbocycles. The Morgan fingerprint density at radius 2 is 2.57 bits per heavy atom. The van der Waals surface area contributed by atoms with Crippen LogP contribution >= 0.6 is 23.6 Å². The molecular formula is C7H10N4OS2. The molecule has 1 aliphatic rings. The average Bonchev–Trinajstić information content (AvgIpc) is 2.72. The minimum atomic E-state index is 0.131. The van der Waals surface area contributed by atoms with E-state index in [1.165, 1.54) is 11.3 Å². The lowest BCUT2D eigenvalue weighted by atomic mass is 10.2. The summed E-state index contributed by atoms with van der Waals surface area (Å²) in [5.74, 6) is 0.131. The van der Waals surface area contributed by atoms with E-state index in [9.17, 15) is 4.79 Å². The minimum absolute atomic E-state index is 0.131. The van der Waals surface area contributed by atoms with Crippen LogP contribution in [0.1, 0.15) is 12.8 Å². The van der Waals surface area contributed by atoms with Gasteiger partial charge in [-0.2, -0.15) is 0 Å². The molecule has 0 aliphatic carbocycles. The molecule has 5 nitrogen and oxygen atoms in total. The van der Waals surface area contributed by atoms with Gasteiger partial charge in [-0.3, -0.25) is 9.89 Å². The fourth-order valence-electron chi connectivity index (χ4n) is 1.35. The lowest BCUT2D eigenvalue weighted by Crippen LogP contribution is -2.31. The Labute approximate surface area is 89.9 Å². The van der Waals surface area contributed by atoms with E-state index in [2.05, 4.69) is 20.8 Å². The maximum atomic E-state index is 10.9. The zero-order valence-corrected chi connectivity index (χ0v) is 9.00. The van der Waals surface area contributed by atoms with Crippen molar-refractivity contribution in [1.82, 2.24) is 15.5 Å². The van der Waals surface area contributed by atoms with E-state index in [-0.39, 0.29) is 11.9 Å². The van der Waals surface area contributed by atoms with Crippen LogP contribution < -0.4 is 10.6 Å². The standard InChI is InChI=1S/C7H10N4OS2/c12-5-2-1-4(9-5)3-8-6-10-11-7(13)14-6/h4H,1-3H2,(H,8,10)(H,9,12)(H,11,13). The first-order chi connectivity index (χ1) is 6.74. The van der Waals surface area contributed by atoms with Crippen LogP contribution in [0.4, 0.5) is 5.13 Å². The summed E-state index contributed by atoms with van der Waals surface area (Å²) in [7, 11) is 0. The van der Waals surface area contributed by atoms with Crippen LogP contribution in [-0.4, -0.2) is 28.7 Å². The van der Waals surface area contributed by atoms with Gasteiger partial charge in [-0.15, -0.1) is 5.10 Å². The molecule has 0 spiro atoms. The topological polar surface area (TPSA) is 69.8 Å². The number of nitrogens with one attached hydrogen (secondary N) is 3. The molecule has 1 fully saturated rings. The summed E-state index contributed by atoms with van der Waals surface area (Å²) in [5, 5.41) is 13.4. The largest absolute Gasteiger partial charge is 0.358 e. The molecule has 7 heteroatoms. The number of H-pyrrole nitrogens is 1. The predicted molar refractivity (Wildman–Crippen MR) is 57.0 cm³/mol. The van der Waals surface area contributed by atoms with Crippen molar-refractivity contribution in [3.8, 4) is 0 Å². The van der Waals surface area contributed by atoms with E-state index in [0.717, 1.165) is 11.6 Å². The highest BCUT2D eigenvalue weighted by atomic mass is 32.1. The van der Waals surface area contributed by atoms with Crippen LogP contribution in [-0.2, 0) is 4.79 Å². The lowest BCUT2D eigenvalue weighted by molar-refractivity contribution is -0.119. The van der Waals surface area contributed by atoms with Gasteiger partial charge in [0.05, 0.1) is 0 Å². The monoisotopic (exact) mass is 230 g/mol. The number of hydrogen-bond donors (Lipinski definition) is 3. The van der Waals surface area contributed by atoms with Crippen LogP contribution in [0.2, 0.25) is 0 Å². The fourth-order valence-corrected chi connectivity index (χ4v) is 2.14. The van der Waals surface area contributed by atoms with Crippen LogP contribution in [0.5, 0.6) is 0 Å². The molecular weight excluding hydrogens is 220 g/mol. The molecule has 1 aliphatic heterocycles. The average molecular weight is 230 g/mol. The highest BCUT2D eigenvalue weighted by Crippen LogP contribution is 2.12. The van der Waals surface area contributed by atoms with Crippen molar-refractivity contribution < 1.29 is 4.79 Å². The van der Waals surface area contributed by atoms with Gasteiger partial charge in [0.1, 0.15) is 0 Å². The Bertz CT molecular complexity index is 385. The lowest BCUT2D eigenvalue weighted by Gasteiger charge is -2.09. The first-order valence-electron chi connectivity index (χ1n) is 4.33. The molecule has 1 atom stereocenters. The second-order valence-corrected chi connectivity index (χ2v) is 4.77. The van der Waals surface area contributed by atoms with Crippen molar-refractivity contribution in [2.24, 2.45) is 0 Å². The summed E-state index contributed by atoms with van der Waals surface area (Å²) in [6.45, 7) is 0.710. The SMILES string of the molecule is O=C1CCC(CNc2n[nH]c(=S)s2)N1. The molecule has 2 heterocycles. The zero-order valence-electron chi connectivity index (χ0n) is 7.37. The molecule has 0 aromatic carbocycles. The Morgan fingerprint density at radius 3 is 3.14 bits per heavy atom. The van der Waals surface area contributed by atoms with Gasteiger partial charge in [0.2, 0.25) is 11.0 Å². The van der Waals surface area contributed by atoms with Gasteiger partial charge in [-0.25, -0.2) is 0 Å². The molecule has 76 valence electrons. The van der Waals surface area contributed by atoms with Gasteiger partial charge < -0.3 is 10.6 Å². The fraction of sp³-hybridized carbons (Fsp3) is 0.571. The first-order valence-corrected chi connectivity index (χ1v) is 5.55. The third-order valence-corrected chi connectivity index (χ3v) is 3.07. The number of aromatic nitrogens is 2. The first kappa shape index (κ1) is 9.60. The van der Waals surface area contributed by atoms with Crippen molar-refractivity contribution in [2.45, 2.75) is 18.9 Å². The molecule has 1 aromatic rings.